The number of hydrogen-bond donors (Lipinski definition) is 1. The highest BCUT2D eigenvalue weighted by atomic mass is 15.2. The highest BCUT2D eigenvalue weighted by Crippen LogP contribution is 2.25. The molecule has 0 radical (unpaired) electrons. The predicted molar refractivity (Wildman–Crippen MR) is 98.2 cm³/mol. The van der Waals surface area contributed by atoms with Crippen LogP contribution in [0.2, 0.25) is 0 Å². The summed E-state index contributed by atoms with van der Waals surface area (Å²) in [7, 11) is 0. The highest BCUT2D eigenvalue weighted by Gasteiger charge is 2.15. The minimum atomic E-state index is 0.726. The zero-order chi connectivity index (χ0) is 16.9. The Morgan fingerprint density at radius 2 is 1.52 bits per heavy atom. The molecular formula is C19H20N6. The van der Waals surface area contributed by atoms with Gasteiger partial charge in [0.2, 0.25) is 0 Å². The summed E-state index contributed by atoms with van der Waals surface area (Å²) in [6, 6.07) is 9.92. The maximum atomic E-state index is 4.84. The van der Waals surface area contributed by atoms with Gasteiger partial charge in [0.15, 0.2) is 5.82 Å². The first kappa shape index (κ1) is 15.7. The number of anilines is 1. The third-order valence-corrected chi connectivity index (χ3v) is 4.29. The topological polar surface area (TPSA) is 66.8 Å². The fourth-order valence-electron chi connectivity index (χ4n) is 2.97. The van der Waals surface area contributed by atoms with Crippen LogP contribution >= 0.6 is 0 Å². The standard InChI is InChI=1S/C19H20N6/c1-6-20-11-13-25(12-1)18-14-17(15-2-7-21-8-3-15)23-19(24-18)16-4-9-22-10-5-16/h2-5,7-10,14,20H,1,6,11-13H2. The first-order chi connectivity index (χ1) is 12.4. The molecule has 6 heteroatoms. The van der Waals surface area contributed by atoms with Crippen LogP contribution in [0.3, 0.4) is 0 Å². The van der Waals surface area contributed by atoms with Gasteiger partial charge in [0.1, 0.15) is 5.82 Å². The van der Waals surface area contributed by atoms with E-state index in [1.807, 2.05) is 24.3 Å². The summed E-state index contributed by atoms with van der Waals surface area (Å²) < 4.78 is 0. The molecule has 4 rings (SSSR count). The second kappa shape index (κ2) is 7.36. The van der Waals surface area contributed by atoms with Crippen LogP contribution in [0.1, 0.15) is 6.42 Å². The van der Waals surface area contributed by atoms with E-state index in [9.17, 15) is 0 Å². The van der Waals surface area contributed by atoms with Crippen molar-refractivity contribution in [2.24, 2.45) is 0 Å². The molecule has 0 amide bonds. The average molecular weight is 332 g/mol. The third-order valence-electron chi connectivity index (χ3n) is 4.29. The Labute approximate surface area is 147 Å². The molecule has 4 heterocycles. The van der Waals surface area contributed by atoms with Gasteiger partial charge in [-0.25, -0.2) is 9.97 Å². The van der Waals surface area contributed by atoms with Gasteiger partial charge in [-0.05, 0) is 37.2 Å². The zero-order valence-electron chi connectivity index (χ0n) is 14.0. The highest BCUT2D eigenvalue weighted by molar-refractivity contribution is 5.67. The molecule has 25 heavy (non-hydrogen) atoms. The second-order valence-corrected chi connectivity index (χ2v) is 6.00. The molecule has 0 saturated carbocycles. The van der Waals surface area contributed by atoms with Gasteiger partial charge in [-0.1, -0.05) is 0 Å². The van der Waals surface area contributed by atoms with Crippen molar-refractivity contribution in [3.05, 3.63) is 55.1 Å². The quantitative estimate of drug-likeness (QED) is 0.794. The maximum Gasteiger partial charge on any atom is 0.162 e. The lowest BCUT2D eigenvalue weighted by atomic mass is 10.1. The molecule has 0 spiro atoms. The van der Waals surface area contributed by atoms with Crippen molar-refractivity contribution < 1.29 is 0 Å². The van der Waals surface area contributed by atoms with Crippen molar-refractivity contribution in [1.82, 2.24) is 25.3 Å². The van der Waals surface area contributed by atoms with Gasteiger partial charge in [0, 0.05) is 61.6 Å². The number of pyridine rings is 2. The van der Waals surface area contributed by atoms with Gasteiger partial charge in [-0.15, -0.1) is 0 Å². The van der Waals surface area contributed by atoms with Crippen LogP contribution in [-0.2, 0) is 0 Å². The fourth-order valence-corrected chi connectivity index (χ4v) is 2.97. The molecule has 0 atom stereocenters. The van der Waals surface area contributed by atoms with E-state index in [1.54, 1.807) is 24.8 Å². The average Bonchev–Trinajstić information content (AvgIpc) is 2.99. The molecule has 0 aliphatic carbocycles. The van der Waals surface area contributed by atoms with Crippen molar-refractivity contribution in [3.63, 3.8) is 0 Å². The minimum absolute atomic E-state index is 0.726. The van der Waals surface area contributed by atoms with E-state index < -0.39 is 0 Å². The number of rotatable bonds is 3. The van der Waals surface area contributed by atoms with Crippen molar-refractivity contribution in [1.29, 1.82) is 0 Å². The van der Waals surface area contributed by atoms with E-state index in [0.29, 0.717) is 0 Å². The Morgan fingerprint density at radius 1 is 0.800 bits per heavy atom. The Bertz CT molecular complexity index is 756. The molecule has 1 aliphatic heterocycles. The van der Waals surface area contributed by atoms with Crippen molar-refractivity contribution in [2.45, 2.75) is 6.42 Å². The summed E-state index contributed by atoms with van der Waals surface area (Å²) in [5.41, 5.74) is 2.93. The van der Waals surface area contributed by atoms with Crippen LogP contribution in [0.4, 0.5) is 5.82 Å². The molecule has 1 aliphatic rings. The number of nitrogens with one attached hydrogen (secondary N) is 1. The summed E-state index contributed by atoms with van der Waals surface area (Å²) in [5, 5.41) is 3.44. The summed E-state index contributed by atoms with van der Waals surface area (Å²) >= 11 is 0. The zero-order valence-corrected chi connectivity index (χ0v) is 14.0. The van der Waals surface area contributed by atoms with Crippen molar-refractivity contribution in [2.75, 3.05) is 31.1 Å². The first-order valence-corrected chi connectivity index (χ1v) is 8.56. The molecule has 6 nitrogen and oxygen atoms in total. The number of aromatic nitrogens is 4. The molecule has 3 aromatic heterocycles. The monoisotopic (exact) mass is 332 g/mol. The van der Waals surface area contributed by atoms with E-state index in [1.165, 1.54) is 0 Å². The van der Waals surface area contributed by atoms with E-state index in [0.717, 1.165) is 61.1 Å². The Balaban J connectivity index is 1.80. The van der Waals surface area contributed by atoms with Crippen LogP contribution in [0.5, 0.6) is 0 Å². The van der Waals surface area contributed by atoms with Crippen molar-refractivity contribution >= 4 is 5.82 Å². The van der Waals surface area contributed by atoms with Gasteiger partial charge < -0.3 is 10.2 Å². The van der Waals surface area contributed by atoms with E-state index in [4.69, 9.17) is 9.97 Å². The number of hydrogen-bond acceptors (Lipinski definition) is 6. The molecule has 0 unspecified atom stereocenters. The van der Waals surface area contributed by atoms with Crippen LogP contribution in [0.25, 0.3) is 22.6 Å². The lowest BCUT2D eigenvalue weighted by Gasteiger charge is -2.22. The summed E-state index contributed by atoms with van der Waals surface area (Å²) in [5.74, 6) is 1.70. The SMILES string of the molecule is c1cc(-c2cc(N3CCCNCC3)nc(-c3ccncc3)n2)ccn1. The maximum absolute atomic E-state index is 4.84. The van der Waals surface area contributed by atoms with Gasteiger partial charge in [0.25, 0.3) is 0 Å². The Hall–Kier alpha value is -2.86. The largest absolute Gasteiger partial charge is 0.355 e. The van der Waals surface area contributed by atoms with Gasteiger partial charge in [-0.2, -0.15) is 0 Å². The van der Waals surface area contributed by atoms with Crippen LogP contribution in [0, 0.1) is 0 Å². The molecule has 126 valence electrons. The van der Waals surface area contributed by atoms with Gasteiger partial charge in [-0.3, -0.25) is 9.97 Å². The summed E-state index contributed by atoms with van der Waals surface area (Å²) in [6.07, 6.45) is 8.23. The van der Waals surface area contributed by atoms with E-state index in [2.05, 4.69) is 26.3 Å². The molecular weight excluding hydrogens is 312 g/mol. The van der Waals surface area contributed by atoms with E-state index >= 15 is 0 Å². The second-order valence-electron chi connectivity index (χ2n) is 6.00. The van der Waals surface area contributed by atoms with Gasteiger partial charge >= 0.3 is 0 Å². The number of nitrogens with zero attached hydrogens (tertiary/aromatic N) is 5. The van der Waals surface area contributed by atoms with Crippen LogP contribution < -0.4 is 10.2 Å². The Morgan fingerprint density at radius 3 is 2.28 bits per heavy atom. The first-order valence-electron chi connectivity index (χ1n) is 8.56. The molecule has 0 aromatic carbocycles. The predicted octanol–water partition coefficient (Wildman–Crippen LogP) is 2.40. The third kappa shape index (κ3) is 3.64. The molecule has 0 bridgehead atoms. The normalized spacial score (nSPS) is 15.0. The van der Waals surface area contributed by atoms with Crippen LogP contribution in [-0.4, -0.2) is 46.1 Å². The van der Waals surface area contributed by atoms with E-state index in [-0.39, 0.29) is 0 Å². The summed E-state index contributed by atoms with van der Waals surface area (Å²) in [6.45, 7) is 3.97. The molecule has 1 fully saturated rings. The van der Waals surface area contributed by atoms with Gasteiger partial charge in [0.05, 0.1) is 5.69 Å². The summed E-state index contributed by atoms with van der Waals surface area (Å²) in [4.78, 5) is 20.2. The fraction of sp³-hybridized carbons (Fsp3) is 0.263. The van der Waals surface area contributed by atoms with Crippen molar-refractivity contribution in [3.8, 4) is 22.6 Å². The Kier molecular flexibility index (Phi) is 4.61. The lowest BCUT2D eigenvalue weighted by Crippen LogP contribution is -2.28. The minimum Gasteiger partial charge on any atom is -0.355 e. The molecule has 1 N–H and O–H groups in total. The molecule has 1 saturated heterocycles. The van der Waals surface area contributed by atoms with Crippen LogP contribution in [0.15, 0.2) is 55.1 Å². The lowest BCUT2D eigenvalue weighted by molar-refractivity contribution is 0.724. The smallest absolute Gasteiger partial charge is 0.162 e. The molecule has 3 aromatic rings.